The first-order valence-corrected chi connectivity index (χ1v) is 11.5. The fourth-order valence-electron chi connectivity index (χ4n) is 3.30. The van der Waals surface area contributed by atoms with Crippen LogP contribution in [0, 0.1) is 12.7 Å². The molecule has 0 fully saturated rings. The summed E-state index contributed by atoms with van der Waals surface area (Å²) in [6.07, 6.45) is 2.04. The molecule has 5 nitrogen and oxygen atoms in total. The van der Waals surface area contributed by atoms with Crippen LogP contribution < -0.4 is 0 Å². The second kappa shape index (κ2) is 8.83. The van der Waals surface area contributed by atoms with Gasteiger partial charge in [-0.2, -0.15) is 0 Å². The van der Waals surface area contributed by atoms with E-state index in [1.807, 2.05) is 17.6 Å². The molecule has 0 amide bonds. The van der Waals surface area contributed by atoms with E-state index >= 15 is 0 Å². The van der Waals surface area contributed by atoms with Crippen molar-refractivity contribution in [2.24, 2.45) is 0 Å². The number of nitrogens with zero attached hydrogens (tertiary/aromatic N) is 1. The molecule has 0 spiro atoms. The third-order valence-corrected chi connectivity index (χ3v) is 6.07. The van der Waals surface area contributed by atoms with E-state index in [4.69, 9.17) is 4.74 Å². The molecular weight excluding hydrogens is 405 g/mol. The van der Waals surface area contributed by atoms with Crippen molar-refractivity contribution in [3.63, 3.8) is 0 Å². The van der Waals surface area contributed by atoms with Crippen LogP contribution in [-0.4, -0.2) is 31.8 Å². The van der Waals surface area contributed by atoms with Gasteiger partial charge in [-0.05, 0) is 60.5 Å². The van der Waals surface area contributed by atoms with Gasteiger partial charge in [0.2, 0.25) is 0 Å². The van der Waals surface area contributed by atoms with Gasteiger partial charge in [-0.25, -0.2) is 12.8 Å². The average molecular weight is 430 g/mol. The molecule has 0 bridgehead atoms. The quantitative estimate of drug-likeness (QED) is 0.519. The maximum absolute atomic E-state index is 13.4. The topological polar surface area (TPSA) is 65.4 Å². The predicted molar refractivity (Wildman–Crippen MR) is 114 cm³/mol. The zero-order chi connectivity index (χ0) is 21.9. The first-order valence-electron chi connectivity index (χ1n) is 9.64. The number of hydrogen-bond acceptors (Lipinski definition) is 4. The summed E-state index contributed by atoms with van der Waals surface area (Å²) in [5.41, 5.74) is 4.39. The van der Waals surface area contributed by atoms with Gasteiger partial charge in [-0.15, -0.1) is 0 Å². The number of sulfone groups is 1. The van der Waals surface area contributed by atoms with Crippen molar-refractivity contribution in [2.45, 2.75) is 31.6 Å². The number of carbonyl (C=O) groups excluding carboxylic acids is 1. The third-order valence-electron chi connectivity index (χ3n) is 4.94. The van der Waals surface area contributed by atoms with Gasteiger partial charge in [0, 0.05) is 30.5 Å². The summed E-state index contributed by atoms with van der Waals surface area (Å²) in [5.74, 6) is -0.573. The SMILES string of the molecule is CCC(=O)OCCc1cc(-c2ccc(S(C)(=O)=O)cc2)n(-c2ccc(F)cc2)c1C. The van der Waals surface area contributed by atoms with Crippen LogP contribution in [0.1, 0.15) is 24.6 Å². The normalized spacial score (nSPS) is 11.5. The molecule has 2 aromatic carbocycles. The van der Waals surface area contributed by atoms with Crippen molar-refractivity contribution in [1.82, 2.24) is 4.57 Å². The van der Waals surface area contributed by atoms with E-state index in [-0.39, 0.29) is 23.3 Å². The molecule has 30 heavy (non-hydrogen) atoms. The number of esters is 1. The molecule has 0 N–H and O–H groups in total. The van der Waals surface area contributed by atoms with Crippen LogP contribution in [0.3, 0.4) is 0 Å². The number of ether oxygens (including phenoxy) is 1. The maximum Gasteiger partial charge on any atom is 0.305 e. The molecule has 3 rings (SSSR count). The number of rotatable bonds is 7. The summed E-state index contributed by atoms with van der Waals surface area (Å²) >= 11 is 0. The smallest absolute Gasteiger partial charge is 0.305 e. The molecule has 0 unspecified atom stereocenters. The van der Waals surface area contributed by atoms with Gasteiger partial charge < -0.3 is 9.30 Å². The van der Waals surface area contributed by atoms with Crippen LogP contribution in [0.15, 0.2) is 59.5 Å². The van der Waals surface area contributed by atoms with E-state index in [1.54, 1.807) is 43.3 Å². The Labute approximate surface area is 176 Å². The Morgan fingerprint density at radius 1 is 1.07 bits per heavy atom. The fraction of sp³-hybridized carbons (Fsp3) is 0.261. The molecular formula is C23H24FNO4S. The fourth-order valence-corrected chi connectivity index (χ4v) is 3.93. The standard InChI is InChI=1S/C23H24FNO4S/c1-4-23(26)29-14-13-18-15-22(17-5-11-21(12-6-17)30(3,27)28)25(16(18)2)20-9-7-19(24)8-10-20/h5-12,15H,4,13-14H2,1-3H3. The minimum Gasteiger partial charge on any atom is -0.465 e. The van der Waals surface area contributed by atoms with Crippen LogP contribution in [0.2, 0.25) is 0 Å². The summed E-state index contributed by atoms with van der Waals surface area (Å²) in [7, 11) is -3.29. The molecule has 0 atom stereocenters. The van der Waals surface area contributed by atoms with Gasteiger partial charge in [0.1, 0.15) is 5.82 Å². The van der Waals surface area contributed by atoms with Crippen molar-refractivity contribution in [3.8, 4) is 16.9 Å². The van der Waals surface area contributed by atoms with Gasteiger partial charge in [0.05, 0.1) is 17.2 Å². The second-order valence-electron chi connectivity index (χ2n) is 7.07. The summed E-state index contributed by atoms with van der Waals surface area (Å²) in [5, 5.41) is 0. The molecule has 1 aromatic heterocycles. The van der Waals surface area contributed by atoms with Crippen molar-refractivity contribution in [1.29, 1.82) is 0 Å². The van der Waals surface area contributed by atoms with E-state index in [1.165, 1.54) is 18.4 Å². The molecule has 0 aliphatic heterocycles. The maximum atomic E-state index is 13.4. The zero-order valence-electron chi connectivity index (χ0n) is 17.2. The largest absolute Gasteiger partial charge is 0.465 e. The van der Waals surface area contributed by atoms with Crippen molar-refractivity contribution in [2.75, 3.05) is 12.9 Å². The van der Waals surface area contributed by atoms with Crippen LogP contribution in [0.5, 0.6) is 0 Å². The number of hydrogen-bond donors (Lipinski definition) is 0. The van der Waals surface area contributed by atoms with Gasteiger partial charge in [-0.3, -0.25) is 4.79 Å². The molecule has 0 aliphatic carbocycles. The minimum absolute atomic E-state index is 0.245. The van der Waals surface area contributed by atoms with Gasteiger partial charge in [0.15, 0.2) is 9.84 Å². The van der Waals surface area contributed by atoms with Crippen LogP contribution >= 0.6 is 0 Å². The lowest BCUT2D eigenvalue weighted by Gasteiger charge is -2.13. The Hall–Kier alpha value is -2.93. The van der Waals surface area contributed by atoms with Crippen LogP contribution in [0.25, 0.3) is 16.9 Å². The lowest BCUT2D eigenvalue weighted by molar-refractivity contribution is -0.143. The van der Waals surface area contributed by atoms with Gasteiger partial charge in [0.25, 0.3) is 0 Å². The highest BCUT2D eigenvalue weighted by Gasteiger charge is 2.16. The third kappa shape index (κ3) is 4.79. The van der Waals surface area contributed by atoms with E-state index in [2.05, 4.69) is 0 Å². The van der Waals surface area contributed by atoms with Crippen molar-refractivity contribution < 1.29 is 22.3 Å². The lowest BCUT2D eigenvalue weighted by atomic mass is 10.1. The highest BCUT2D eigenvalue weighted by molar-refractivity contribution is 7.90. The molecule has 158 valence electrons. The zero-order valence-corrected chi connectivity index (χ0v) is 18.0. The summed E-state index contributed by atoms with van der Waals surface area (Å²) < 4.78 is 44.2. The Bertz CT molecular complexity index is 1150. The molecule has 0 aliphatic rings. The van der Waals surface area contributed by atoms with E-state index in [0.717, 1.165) is 28.2 Å². The highest BCUT2D eigenvalue weighted by atomic mass is 32.2. The second-order valence-corrected chi connectivity index (χ2v) is 9.09. The van der Waals surface area contributed by atoms with E-state index in [9.17, 15) is 17.6 Å². The summed E-state index contributed by atoms with van der Waals surface area (Å²) in [6.45, 7) is 3.97. The lowest BCUT2D eigenvalue weighted by Crippen LogP contribution is -2.06. The van der Waals surface area contributed by atoms with Crippen LogP contribution in [0.4, 0.5) is 4.39 Å². The first-order chi connectivity index (χ1) is 14.2. The number of halogens is 1. The summed E-state index contributed by atoms with van der Waals surface area (Å²) in [6, 6.07) is 14.8. The monoisotopic (exact) mass is 429 g/mol. The van der Waals surface area contributed by atoms with Crippen molar-refractivity contribution in [3.05, 3.63) is 71.7 Å². The van der Waals surface area contributed by atoms with E-state index in [0.29, 0.717) is 12.8 Å². The minimum atomic E-state index is -3.29. The predicted octanol–water partition coefficient (Wildman–Crippen LogP) is 4.49. The summed E-state index contributed by atoms with van der Waals surface area (Å²) in [4.78, 5) is 11.7. The molecule has 0 saturated carbocycles. The molecule has 7 heteroatoms. The van der Waals surface area contributed by atoms with Crippen LogP contribution in [-0.2, 0) is 25.8 Å². The number of carbonyl (C=O) groups is 1. The van der Waals surface area contributed by atoms with E-state index < -0.39 is 9.84 Å². The number of aromatic nitrogens is 1. The first kappa shape index (κ1) is 21.8. The Kier molecular flexibility index (Phi) is 6.41. The Morgan fingerprint density at radius 2 is 1.70 bits per heavy atom. The van der Waals surface area contributed by atoms with Crippen molar-refractivity contribution >= 4 is 15.8 Å². The average Bonchev–Trinajstić information content (AvgIpc) is 3.04. The highest BCUT2D eigenvalue weighted by Crippen LogP contribution is 2.30. The van der Waals surface area contributed by atoms with Gasteiger partial charge >= 0.3 is 5.97 Å². The van der Waals surface area contributed by atoms with Gasteiger partial charge in [-0.1, -0.05) is 19.1 Å². The number of benzene rings is 2. The molecule has 1 heterocycles. The molecule has 0 radical (unpaired) electrons. The molecule has 3 aromatic rings. The Balaban J connectivity index is 2.04. The molecule has 0 saturated heterocycles. The Morgan fingerprint density at radius 3 is 2.27 bits per heavy atom.